The van der Waals surface area contributed by atoms with Gasteiger partial charge in [0.15, 0.2) is 0 Å². The molecule has 0 saturated carbocycles. The predicted octanol–water partition coefficient (Wildman–Crippen LogP) is 1.67. The van der Waals surface area contributed by atoms with Crippen molar-refractivity contribution < 1.29 is 5.11 Å². The standard InChI is InChI=1S/C10H11NO/c1-7-3-4-9(5-11)8(2)10(7)6-12/h3-4,12H,6H2,1-2H3. The number of nitrogens with zero attached hydrogens (tertiary/aromatic N) is 1. The zero-order valence-electron chi connectivity index (χ0n) is 7.26. The Kier molecular flexibility index (Phi) is 2.47. The number of aliphatic hydroxyl groups excluding tert-OH is 1. The summed E-state index contributed by atoms with van der Waals surface area (Å²) in [5.74, 6) is 0. The molecule has 0 bridgehead atoms. The minimum Gasteiger partial charge on any atom is -0.392 e. The lowest BCUT2D eigenvalue weighted by Gasteiger charge is -2.07. The highest BCUT2D eigenvalue weighted by molar-refractivity contribution is 5.45. The molecule has 12 heavy (non-hydrogen) atoms. The van der Waals surface area contributed by atoms with Crippen LogP contribution in [0.3, 0.4) is 0 Å². The Morgan fingerprint density at radius 3 is 2.58 bits per heavy atom. The quantitative estimate of drug-likeness (QED) is 0.680. The van der Waals surface area contributed by atoms with Crippen LogP contribution in [0.15, 0.2) is 12.1 Å². The van der Waals surface area contributed by atoms with Crippen LogP contribution in [0.25, 0.3) is 0 Å². The number of aliphatic hydroxyl groups is 1. The van der Waals surface area contributed by atoms with Gasteiger partial charge < -0.3 is 5.11 Å². The Morgan fingerprint density at radius 2 is 2.08 bits per heavy atom. The van der Waals surface area contributed by atoms with Gasteiger partial charge in [0.2, 0.25) is 0 Å². The zero-order chi connectivity index (χ0) is 9.14. The first kappa shape index (κ1) is 8.76. The van der Waals surface area contributed by atoms with Crippen molar-refractivity contribution in [2.75, 3.05) is 0 Å². The summed E-state index contributed by atoms with van der Waals surface area (Å²) in [6.07, 6.45) is 0. The van der Waals surface area contributed by atoms with E-state index in [1.807, 2.05) is 19.9 Å². The Labute approximate surface area is 72.1 Å². The summed E-state index contributed by atoms with van der Waals surface area (Å²) in [5.41, 5.74) is 3.44. The maximum absolute atomic E-state index is 9.01. The van der Waals surface area contributed by atoms with Crippen molar-refractivity contribution in [3.05, 3.63) is 34.4 Å². The molecule has 0 aliphatic rings. The van der Waals surface area contributed by atoms with E-state index in [-0.39, 0.29) is 6.61 Å². The summed E-state index contributed by atoms with van der Waals surface area (Å²) in [4.78, 5) is 0. The fraction of sp³-hybridized carbons (Fsp3) is 0.300. The third kappa shape index (κ3) is 1.32. The Balaban J connectivity index is 3.36. The summed E-state index contributed by atoms with van der Waals surface area (Å²) in [6, 6.07) is 5.73. The molecule has 0 aliphatic heterocycles. The molecule has 0 atom stereocenters. The van der Waals surface area contributed by atoms with E-state index < -0.39 is 0 Å². The van der Waals surface area contributed by atoms with E-state index in [0.717, 1.165) is 16.7 Å². The first-order valence-electron chi connectivity index (χ1n) is 3.80. The van der Waals surface area contributed by atoms with Gasteiger partial charge in [-0.15, -0.1) is 0 Å². The molecule has 1 aromatic rings. The molecule has 2 nitrogen and oxygen atoms in total. The molecule has 0 heterocycles. The summed E-state index contributed by atoms with van der Waals surface area (Å²) in [7, 11) is 0. The van der Waals surface area contributed by atoms with E-state index >= 15 is 0 Å². The van der Waals surface area contributed by atoms with Crippen molar-refractivity contribution in [1.29, 1.82) is 5.26 Å². The molecule has 0 aromatic heterocycles. The lowest BCUT2D eigenvalue weighted by atomic mass is 9.99. The van der Waals surface area contributed by atoms with Crippen molar-refractivity contribution >= 4 is 0 Å². The van der Waals surface area contributed by atoms with Crippen molar-refractivity contribution in [1.82, 2.24) is 0 Å². The molecule has 0 radical (unpaired) electrons. The van der Waals surface area contributed by atoms with E-state index in [2.05, 4.69) is 6.07 Å². The van der Waals surface area contributed by atoms with E-state index in [0.29, 0.717) is 5.56 Å². The second-order valence-electron chi connectivity index (χ2n) is 2.80. The van der Waals surface area contributed by atoms with Crippen LogP contribution < -0.4 is 0 Å². The van der Waals surface area contributed by atoms with E-state index in [4.69, 9.17) is 10.4 Å². The maximum atomic E-state index is 9.01. The molecule has 0 amide bonds. The number of nitriles is 1. The van der Waals surface area contributed by atoms with Gasteiger partial charge in [-0.3, -0.25) is 0 Å². The normalized spacial score (nSPS) is 9.50. The highest BCUT2D eigenvalue weighted by Crippen LogP contribution is 2.17. The molecule has 0 spiro atoms. The number of aryl methyl sites for hydroxylation is 1. The first-order valence-corrected chi connectivity index (χ1v) is 3.80. The van der Waals surface area contributed by atoms with Gasteiger partial charge in [0.05, 0.1) is 18.2 Å². The molecule has 1 N–H and O–H groups in total. The second-order valence-corrected chi connectivity index (χ2v) is 2.80. The number of benzene rings is 1. The van der Waals surface area contributed by atoms with Crippen LogP contribution in [0, 0.1) is 25.2 Å². The molecule has 1 aromatic carbocycles. The number of rotatable bonds is 1. The van der Waals surface area contributed by atoms with Crippen LogP contribution in [0.1, 0.15) is 22.3 Å². The third-order valence-corrected chi connectivity index (χ3v) is 2.11. The minimum absolute atomic E-state index is 0.00713. The predicted molar refractivity (Wildman–Crippen MR) is 46.6 cm³/mol. The van der Waals surface area contributed by atoms with Crippen LogP contribution in [0.5, 0.6) is 0 Å². The topological polar surface area (TPSA) is 44.0 Å². The number of hydrogen-bond acceptors (Lipinski definition) is 2. The highest BCUT2D eigenvalue weighted by Gasteiger charge is 2.04. The molecule has 0 saturated heterocycles. The summed E-state index contributed by atoms with van der Waals surface area (Å²) < 4.78 is 0. The molecule has 62 valence electrons. The smallest absolute Gasteiger partial charge is 0.0994 e. The van der Waals surface area contributed by atoms with Crippen LogP contribution in [-0.4, -0.2) is 5.11 Å². The molecular weight excluding hydrogens is 150 g/mol. The fourth-order valence-electron chi connectivity index (χ4n) is 1.26. The summed E-state index contributed by atoms with van der Waals surface area (Å²) in [5, 5.41) is 17.7. The van der Waals surface area contributed by atoms with Crippen LogP contribution in [0.2, 0.25) is 0 Å². The molecule has 0 unspecified atom stereocenters. The van der Waals surface area contributed by atoms with Gasteiger partial charge in [-0.25, -0.2) is 0 Å². The molecule has 0 fully saturated rings. The van der Waals surface area contributed by atoms with Gasteiger partial charge in [-0.05, 0) is 36.6 Å². The van der Waals surface area contributed by atoms with Crippen molar-refractivity contribution in [2.24, 2.45) is 0 Å². The van der Waals surface area contributed by atoms with Gasteiger partial charge in [0.25, 0.3) is 0 Å². The van der Waals surface area contributed by atoms with Crippen LogP contribution in [-0.2, 0) is 6.61 Å². The van der Waals surface area contributed by atoms with Gasteiger partial charge in [0, 0.05) is 0 Å². The van der Waals surface area contributed by atoms with Gasteiger partial charge in [0.1, 0.15) is 0 Å². The Hall–Kier alpha value is -1.33. The van der Waals surface area contributed by atoms with Gasteiger partial charge in [-0.2, -0.15) is 5.26 Å². The van der Waals surface area contributed by atoms with E-state index in [1.54, 1.807) is 6.07 Å². The molecule has 0 aliphatic carbocycles. The average molecular weight is 161 g/mol. The summed E-state index contributed by atoms with van der Waals surface area (Å²) in [6.45, 7) is 3.80. The van der Waals surface area contributed by atoms with Crippen LogP contribution in [0.4, 0.5) is 0 Å². The zero-order valence-corrected chi connectivity index (χ0v) is 7.26. The van der Waals surface area contributed by atoms with Crippen LogP contribution >= 0.6 is 0 Å². The van der Waals surface area contributed by atoms with Crippen molar-refractivity contribution in [3.8, 4) is 6.07 Å². The van der Waals surface area contributed by atoms with Gasteiger partial charge >= 0.3 is 0 Å². The van der Waals surface area contributed by atoms with Gasteiger partial charge in [-0.1, -0.05) is 6.07 Å². The van der Waals surface area contributed by atoms with Crippen molar-refractivity contribution in [3.63, 3.8) is 0 Å². The van der Waals surface area contributed by atoms with E-state index in [1.165, 1.54) is 0 Å². The average Bonchev–Trinajstić information content (AvgIpc) is 2.06. The monoisotopic (exact) mass is 161 g/mol. The SMILES string of the molecule is Cc1ccc(C#N)c(C)c1CO. The lowest BCUT2D eigenvalue weighted by Crippen LogP contribution is -1.95. The third-order valence-electron chi connectivity index (χ3n) is 2.11. The lowest BCUT2D eigenvalue weighted by molar-refractivity contribution is 0.280. The molecular formula is C10H11NO. The van der Waals surface area contributed by atoms with Crippen molar-refractivity contribution in [2.45, 2.75) is 20.5 Å². The Bertz CT molecular complexity index is 336. The maximum Gasteiger partial charge on any atom is 0.0994 e. The summed E-state index contributed by atoms with van der Waals surface area (Å²) >= 11 is 0. The highest BCUT2D eigenvalue weighted by atomic mass is 16.3. The largest absolute Gasteiger partial charge is 0.392 e. The van der Waals surface area contributed by atoms with E-state index in [9.17, 15) is 0 Å². The number of hydrogen-bond donors (Lipinski definition) is 1. The fourth-order valence-corrected chi connectivity index (χ4v) is 1.26. The second kappa shape index (κ2) is 3.38. The molecule has 1 rings (SSSR count). The Morgan fingerprint density at radius 1 is 1.42 bits per heavy atom. The molecule has 2 heteroatoms. The minimum atomic E-state index is 0.00713. The first-order chi connectivity index (χ1) is 5.70.